The lowest BCUT2D eigenvalue weighted by Gasteiger charge is -2.10. The van der Waals surface area contributed by atoms with E-state index in [1.807, 2.05) is 36.4 Å². The van der Waals surface area contributed by atoms with Gasteiger partial charge >= 0.3 is 6.61 Å². The van der Waals surface area contributed by atoms with Crippen LogP contribution in [-0.4, -0.2) is 17.5 Å². The van der Waals surface area contributed by atoms with Crippen LogP contribution in [0.25, 0.3) is 11.6 Å². The molecule has 0 saturated carbocycles. The number of nitrogens with one attached hydrogen (secondary N) is 1. The van der Waals surface area contributed by atoms with Crippen LogP contribution in [0.1, 0.15) is 16.7 Å². The first-order valence-electron chi connectivity index (χ1n) is 8.61. The van der Waals surface area contributed by atoms with Gasteiger partial charge in [-0.3, -0.25) is 9.78 Å². The molecule has 0 spiro atoms. The van der Waals surface area contributed by atoms with Crippen LogP contribution in [0.15, 0.2) is 79.1 Å². The van der Waals surface area contributed by atoms with Crippen LogP contribution >= 0.6 is 0 Å². The molecular weight excluding hydrogens is 362 g/mol. The number of hydrogen-bond donors (Lipinski definition) is 1. The van der Waals surface area contributed by atoms with E-state index in [2.05, 4.69) is 15.0 Å². The van der Waals surface area contributed by atoms with E-state index in [9.17, 15) is 13.6 Å². The van der Waals surface area contributed by atoms with Crippen LogP contribution in [0.5, 0.6) is 5.75 Å². The zero-order valence-corrected chi connectivity index (χ0v) is 14.9. The molecule has 3 aromatic rings. The number of carbonyl (C=O) groups excluding carboxylic acids is 1. The number of aromatic nitrogens is 1. The average molecular weight is 380 g/mol. The summed E-state index contributed by atoms with van der Waals surface area (Å²) in [5, 5.41) is 2.88. The summed E-state index contributed by atoms with van der Waals surface area (Å²) in [4.78, 5) is 16.8. The van der Waals surface area contributed by atoms with Gasteiger partial charge in [-0.15, -0.1) is 0 Å². The number of nitrogens with zero attached hydrogens (tertiary/aromatic N) is 1. The zero-order valence-electron chi connectivity index (χ0n) is 14.9. The molecule has 3 rings (SSSR count). The summed E-state index contributed by atoms with van der Waals surface area (Å²) in [5.74, 6) is -0.183. The quantitative estimate of drug-likeness (QED) is 0.484. The lowest BCUT2D eigenvalue weighted by molar-refractivity contribution is -0.115. The van der Waals surface area contributed by atoms with E-state index in [1.165, 1.54) is 12.1 Å². The Morgan fingerprint density at radius 1 is 1.04 bits per heavy atom. The maximum absolute atomic E-state index is 12.8. The molecule has 2 aromatic carbocycles. The SMILES string of the molecule is O=C(NCc1cccnc1)C(=Cc1ccc(OC(F)F)cc1)c1ccccc1. The molecule has 4 nitrogen and oxygen atoms in total. The van der Waals surface area contributed by atoms with E-state index in [0.29, 0.717) is 17.7 Å². The highest BCUT2D eigenvalue weighted by Crippen LogP contribution is 2.21. The number of ether oxygens (including phenoxy) is 1. The summed E-state index contributed by atoms with van der Waals surface area (Å²) in [6.45, 7) is -2.53. The number of rotatable bonds is 7. The number of halogens is 2. The van der Waals surface area contributed by atoms with Crippen molar-refractivity contribution < 1.29 is 18.3 Å². The van der Waals surface area contributed by atoms with Crippen molar-refractivity contribution in [2.75, 3.05) is 0 Å². The molecule has 0 aliphatic heterocycles. The third kappa shape index (κ3) is 5.48. The number of carbonyl (C=O) groups is 1. The largest absolute Gasteiger partial charge is 0.435 e. The Kier molecular flexibility index (Phi) is 6.46. The van der Waals surface area contributed by atoms with Gasteiger partial charge in [0, 0.05) is 24.5 Å². The van der Waals surface area contributed by atoms with Gasteiger partial charge in [-0.25, -0.2) is 0 Å². The molecule has 1 heterocycles. The first kappa shape index (κ1) is 19.2. The van der Waals surface area contributed by atoms with E-state index in [-0.39, 0.29) is 11.7 Å². The average Bonchev–Trinajstić information content (AvgIpc) is 2.72. The Bertz CT molecular complexity index is 928. The topological polar surface area (TPSA) is 51.2 Å². The second-order valence-electron chi connectivity index (χ2n) is 5.92. The molecule has 0 unspecified atom stereocenters. The molecule has 142 valence electrons. The van der Waals surface area contributed by atoms with Crippen molar-refractivity contribution in [1.82, 2.24) is 10.3 Å². The normalized spacial score (nSPS) is 11.3. The Morgan fingerprint density at radius 2 is 1.79 bits per heavy atom. The maximum atomic E-state index is 12.8. The molecule has 6 heteroatoms. The van der Waals surface area contributed by atoms with E-state index in [1.54, 1.807) is 36.7 Å². The number of hydrogen-bond acceptors (Lipinski definition) is 3. The van der Waals surface area contributed by atoms with Gasteiger partial charge in [-0.05, 0) is 41.0 Å². The summed E-state index contributed by atoms with van der Waals surface area (Å²) < 4.78 is 28.9. The van der Waals surface area contributed by atoms with Crippen molar-refractivity contribution in [3.63, 3.8) is 0 Å². The molecule has 1 amide bonds. The smallest absolute Gasteiger partial charge is 0.387 e. The Labute approximate surface area is 161 Å². The molecule has 0 aliphatic rings. The molecule has 1 N–H and O–H groups in total. The fourth-order valence-electron chi connectivity index (χ4n) is 2.59. The monoisotopic (exact) mass is 380 g/mol. The van der Waals surface area contributed by atoms with Crippen molar-refractivity contribution in [2.45, 2.75) is 13.2 Å². The first-order chi connectivity index (χ1) is 13.6. The van der Waals surface area contributed by atoms with Crippen LogP contribution < -0.4 is 10.1 Å². The molecule has 0 atom stereocenters. The van der Waals surface area contributed by atoms with Gasteiger partial charge in [0.15, 0.2) is 0 Å². The lowest BCUT2D eigenvalue weighted by Crippen LogP contribution is -2.23. The molecule has 0 fully saturated rings. The number of benzene rings is 2. The van der Waals surface area contributed by atoms with E-state index >= 15 is 0 Å². The molecule has 0 radical (unpaired) electrons. The highest BCUT2D eigenvalue weighted by Gasteiger charge is 2.12. The summed E-state index contributed by atoms with van der Waals surface area (Å²) in [7, 11) is 0. The van der Waals surface area contributed by atoms with E-state index in [0.717, 1.165) is 11.1 Å². The van der Waals surface area contributed by atoms with E-state index in [4.69, 9.17) is 0 Å². The summed E-state index contributed by atoms with van der Waals surface area (Å²) >= 11 is 0. The molecular formula is C22H18F2N2O2. The summed E-state index contributed by atoms with van der Waals surface area (Å²) in [6.07, 6.45) is 5.07. The van der Waals surface area contributed by atoms with Gasteiger partial charge in [0.2, 0.25) is 0 Å². The van der Waals surface area contributed by atoms with Crippen molar-refractivity contribution in [1.29, 1.82) is 0 Å². The molecule has 0 aliphatic carbocycles. The predicted molar refractivity (Wildman–Crippen MR) is 103 cm³/mol. The second kappa shape index (κ2) is 9.41. The lowest BCUT2D eigenvalue weighted by atomic mass is 10.0. The third-order valence-electron chi connectivity index (χ3n) is 3.92. The van der Waals surface area contributed by atoms with Crippen molar-refractivity contribution in [2.24, 2.45) is 0 Å². The standard InChI is InChI=1S/C22H18F2N2O2/c23-22(24)28-19-10-8-16(9-11-19)13-20(18-6-2-1-3-7-18)21(27)26-15-17-5-4-12-25-14-17/h1-14,22H,15H2,(H,26,27). The van der Waals surface area contributed by atoms with Crippen molar-refractivity contribution >= 4 is 17.6 Å². The Hall–Kier alpha value is -3.54. The summed E-state index contributed by atoms with van der Waals surface area (Å²) in [6, 6.07) is 19.0. The minimum atomic E-state index is -2.88. The Morgan fingerprint density at radius 3 is 2.43 bits per heavy atom. The minimum Gasteiger partial charge on any atom is -0.435 e. The van der Waals surface area contributed by atoms with Gasteiger partial charge in [-0.1, -0.05) is 48.5 Å². The van der Waals surface area contributed by atoms with Crippen LogP contribution in [0, 0.1) is 0 Å². The Balaban J connectivity index is 1.82. The van der Waals surface area contributed by atoms with Gasteiger partial charge < -0.3 is 10.1 Å². The number of amides is 1. The second-order valence-corrected chi connectivity index (χ2v) is 5.92. The highest BCUT2D eigenvalue weighted by atomic mass is 19.3. The highest BCUT2D eigenvalue weighted by molar-refractivity contribution is 6.24. The predicted octanol–water partition coefficient (Wildman–Crippen LogP) is 4.54. The molecule has 0 bridgehead atoms. The van der Waals surface area contributed by atoms with Crippen LogP contribution in [-0.2, 0) is 11.3 Å². The molecule has 0 saturated heterocycles. The van der Waals surface area contributed by atoms with Crippen molar-refractivity contribution in [3.8, 4) is 5.75 Å². The first-order valence-corrected chi connectivity index (χ1v) is 8.61. The maximum Gasteiger partial charge on any atom is 0.387 e. The molecule has 28 heavy (non-hydrogen) atoms. The van der Waals surface area contributed by atoms with E-state index < -0.39 is 6.61 Å². The molecule has 1 aromatic heterocycles. The van der Waals surface area contributed by atoms with Gasteiger partial charge in [0.05, 0.1) is 0 Å². The fraction of sp³-hybridized carbons (Fsp3) is 0.0909. The third-order valence-corrected chi connectivity index (χ3v) is 3.92. The van der Waals surface area contributed by atoms with Gasteiger partial charge in [-0.2, -0.15) is 8.78 Å². The van der Waals surface area contributed by atoms with Gasteiger partial charge in [0.25, 0.3) is 5.91 Å². The van der Waals surface area contributed by atoms with Crippen LogP contribution in [0.2, 0.25) is 0 Å². The van der Waals surface area contributed by atoms with Crippen LogP contribution in [0.4, 0.5) is 8.78 Å². The van der Waals surface area contributed by atoms with Gasteiger partial charge in [0.1, 0.15) is 5.75 Å². The number of pyridine rings is 1. The summed E-state index contributed by atoms with van der Waals surface area (Å²) in [5.41, 5.74) is 2.79. The van der Waals surface area contributed by atoms with Crippen LogP contribution in [0.3, 0.4) is 0 Å². The fourth-order valence-corrected chi connectivity index (χ4v) is 2.59. The van der Waals surface area contributed by atoms with Crippen molar-refractivity contribution in [3.05, 3.63) is 95.8 Å². The zero-order chi connectivity index (χ0) is 19.8. The minimum absolute atomic E-state index is 0.0643. The number of alkyl halides is 2.